The van der Waals surface area contributed by atoms with Crippen LogP contribution in [0.3, 0.4) is 0 Å². The highest BCUT2D eigenvalue weighted by Gasteiger charge is 2.21. The van der Waals surface area contributed by atoms with E-state index in [2.05, 4.69) is 54.9 Å². The Bertz CT molecular complexity index is 1080. The number of hydrogen-bond donors (Lipinski definition) is 2. The molecule has 178 valence electrons. The number of carbonyl (C=O) groups is 1. The minimum atomic E-state index is 0.0422. The minimum Gasteiger partial charge on any atom is -0.409 e. The molecule has 33 heavy (non-hydrogen) atoms. The number of rotatable bonds is 12. The number of aromatic nitrogens is 2. The number of thiophene rings is 1. The van der Waals surface area contributed by atoms with Gasteiger partial charge >= 0.3 is 0 Å². The highest BCUT2D eigenvalue weighted by atomic mass is 32.1. The van der Waals surface area contributed by atoms with Crippen LogP contribution < -0.4 is 5.73 Å². The van der Waals surface area contributed by atoms with Gasteiger partial charge in [-0.15, -0.1) is 11.3 Å². The maximum Gasteiger partial charge on any atom is 0.163 e. The molecule has 0 radical (unpaired) electrons. The Labute approximate surface area is 200 Å². The Morgan fingerprint density at radius 1 is 1.21 bits per heavy atom. The second-order valence-corrected chi connectivity index (χ2v) is 10.3. The lowest BCUT2D eigenvalue weighted by Gasteiger charge is -2.19. The highest BCUT2D eigenvalue weighted by molar-refractivity contribution is 7.09. The van der Waals surface area contributed by atoms with Crippen molar-refractivity contribution >= 4 is 34.0 Å². The van der Waals surface area contributed by atoms with Crippen LogP contribution in [0.2, 0.25) is 0 Å². The highest BCUT2D eigenvalue weighted by Crippen LogP contribution is 2.29. The van der Waals surface area contributed by atoms with Crippen LogP contribution in [0.1, 0.15) is 86.9 Å². The summed E-state index contributed by atoms with van der Waals surface area (Å²) in [6.45, 7) is 8.66. The summed E-state index contributed by atoms with van der Waals surface area (Å²) < 4.78 is 2.36. The van der Waals surface area contributed by atoms with Gasteiger partial charge in [-0.05, 0) is 60.7 Å². The predicted octanol–water partition coefficient (Wildman–Crippen LogP) is 6.42. The van der Waals surface area contributed by atoms with Gasteiger partial charge in [0.2, 0.25) is 0 Å². The van der Waals surface area contributed by atoms with Crippen LogP contribution in [0, 0.1) is 11.8 Å². The van der Waals surface area contributed by atoms with Gasteiger partial charge in [0.05, 0.1) is 11.0 Å². The zero-order valence-corrected chi connectivity index (χ0v) is 20.9. The fourth-order valence-electron chi connectivity index (χ4n) is 4.70. The number of nitrogens with zero attached hydrogens (tertiary/aromatic N) is 3. The smallest absolute Gasteiger partial charge is 0.163 e. The number of carbonyl (C=O) groups excluding carboxylic acids is 1. The number of ketones is 1. The summed E-state index contributed by atoms with van der Waals surface area (Å²) in [4.78, 5) is 19.4. The SMILES string of the molecule is CCC(CC)n1c(Cc2cccs2)nc2cc(C(=O)C[C@H](CC(N)=NO)CC(C)C)ccc21. The fraction of sp³-hybridized carbons (Fsp3) is 0.500. The molecule has 0 amide bonds. The molecule has 0 unspecified atom stereocenters. The number of Topliss-reactive ketones (excluding diaryl/α,β-unsaturated/α-hetero) is 1. The molecule has 0 saturated heterocycles. The Morgan fingerprint density at radius 2 is 1.97 bits per heavy atom. The lowest BCUT2D eigenvalue weighted by atomic mass is 9.88. The summed E-state index contributed by atoms with van der Waals surface area (Å²) in [7, 11) is 0. The molecular formula is C26H36N4O2S. The Morgan fingerprint density at radius 3 is 2.58 bits per heavy atom. The third-order valence-corrected chi connectivity index (χ3v) is 7.09. The average molecular weight is 469 g/mol. The summed E-state index contributed by atoms with van der Waals surface area (Å²) >= 11 is 1.74. The zero-order valence-electron chi connectivity index (χ0n) is 20.1. The van der Waals surface area contributed by atoms with Gasteiger partial charge in [-0.3, -0.25) is 4.79 Å². The Balaban J connectivity index is 1.92. The van der Waals surface area contributed by atoms with Crippen LogP contribution in [0.25, 0.3) is 11.0 Å². The number of hydrogen-bond acceptors (Lipinski definition) is 5. The first kappa shape index (κ1) is 25.0. The molecule has 2 aromatic heterocycles. The second-order valence-electron chi connectivity index (χ2n) is 9.25. The molecule has 0 fully saturated rings. The van der Waals surface area contributed by atoms with E-state index in [-0.39, 0.29) is 17.5 Å². The normalized spacial score (nSPS) is 13.3. The molecule has 1 atom stereocenters. The van der Waals surface area contributed by atoms with E-state index in [0.717, 1.165) is 42.5 Å². The van der Waals surface area contributed by atoms with Gasteiger partial charge < -0.3 is 15.5 Å². The lowest BCUT2D eigenvalue weighted by Crippen LogP contribution is -2.20. The van der Waals surface area contributed by atoms with Crippen LogP contribution in [0.5, 0.6) is 0 Å². The second kappa shape index (κ2) is 11.5. The molecule has 0 aliphatic heterocycles. The lowest BCUT2D eigenvalue weighted by molar-refractivity contribution is 0.0957. The summed E-state index contributed by atoms with van der Waals surface area (Å²) in [5, 5.41) is 14.2. The first-order valence-corrected chi connectivity index (χ1v) is 12.8. The van der Waals surface area contributed by atoms with Crippen LogP contribution in [0.15, 0.2) is 40.9 Å². The molecule has 3 aromatic rings. The van der Waals surface area contributed by atoms with E-state index in [0.29, 0.717) is 30.4 Å². The first-order chi connectivity index (χ1) is 15.9. The van der Waals surface area contributed by atoms with Crippen molar-refractivity contribution in [2.45, 2.75) is 72.3 Å². The van der Waals surface area contributed by atoms with E-state index < -0.39 is 0 Å². The van der Waals surface area contributed by atoms with E-state index >= 15 is 0 Å². The van der Waals surface area contributed by atoms with Crippen molar-refractivity contribution in [3.63, 3.8) is 0 Å². The van der Waals surface area contributed by atoms with Crippen LogP contribution >= 0.6 is 11.3 Å². The van der Waals surface area contributed by atoms with Gasteiger partial charge in [-0.25, -0.2) is 4.98 Å². The molecule has 6 nitrogen and oxygen atoms in total. The average Bonchev–Trinajstić information content (AvgIpc) is 3.42. The number of fused-ring (bicyclic) bond motifs is 1. The van der Waals surface area contributed by atoms with Crippen LogP contribution in [0.4, 0.5) is 0 Å². The molecule has 3 rings (SSSR count). The van der Waals surface area contributed by atoms with Gasteiger partial charge in [0, 0.05) is 35.7 Å². The van der Waals surface area contributed by atoms with E-state index in [9.17, 15) is 4.79 Å². The van der Waals surface area contributed by atoms with Crippen LogP contribution in [-0.2, 0) is 6.42 Å². The Kier molecular flexibility index (Phi) is 8.67. The van der Waals surface area contributed by atoms with Gasteiger partial charge in [-0.2, -0.15) is 0 Å². The summed E-state index contributed by atoms with van der Waals surface area (Å²) in [5.74, 6) is 1.76. The van der Waals surface area contributed by atoms with E-state index in [4.69, 9.17) is 15.9 Å². The van der Waals surface area contributed by atoms with Crippen molar-refractivity contribution < 1.29 is 10.0 Å². The third-order valence-electron chi connectivity index (χ3n) is 6.21. The number of benzene rings is 1. The van der Waals surface area contributed by atoms with Gasteiger partial charge in [0.25, 0.3) is 0 Å². The topological polar surface area (TPSA) is 93.5 Å². The van der Waals surface area contributed by atoms with Crippen molar-refractivity contribution in [3.05, 3.63) is 52.0 Å². The molecule has 0 spiro atoms. The predicted molar refractivity (Wildman–Crippen MR) is 136 cm³/mol. The quantitative estimate of drug-likeness (QED) is 0.105. The molecule has 0 saturated carbocycles. The van der Waals surface area contributed by atoms with E-state index in [1.165, 1.54) is 4.88 Å². The Hall–Kier alpha value is -2.67. The summed E-state index contributed by atoms with van der Waals surface area (Å²) in [6, 6.07) is 10.5. The number of nitrogens with two attached hydrogens (primary N) is 1. The maximum absolute atomic E-state index is 13.2. The zero-order chi connectivity index (χ0) is 24.0. The minimum absolute atomic E-state index is 0.0422. The number of imidazole rings is 1. The van der Waals surface area contributed by atoms with Crippen molar-refractivity contribution in [2.75, 3.05) is 0 Å². The van der Waals surface area contributed by atoms with E-state index in [1.54, 1.807) is 11.3 Å². The molecular weight excluding hydrogens is 432 g/mol. The maximum atomic E-state index is 13.2. The molecule has 2 heterocycles. The summed E-state index contributed by atoms with van der Waals surface area (Å²) in [6.07, 6.45) is 4.49. The molecule has 0 bridgehead atoms. The molecule has 0 aliphatic rings. The monoisotopic (exact) mass is 468 g/mol. The molecule has 3 N–H and O–H groups in total. The fourth-order valence-corrected chi connectivity index (χ4v) is 5.40. The van der Waals surface area contributed by atoms with Crippen LogP contribution in [-0.4, -0.2) is 26.4 Å². The first-order valence-electron chi connectivity index (χ1n) is 11.9. The van der Waals surface area contributed by atoms with Gasteiger partial charge in [-0.1, -0.05) is 38.9 Å². The summed E-state index contributed by atoms with van der Waals surface area (Å²) in [5.41, 5.74) is 8.38. The molecule has 7 heteroatoms. The largest absolute Gasteiger partial charge is 0.409 e. The van der Waals surface area contributed by atoms with Crippen molar-refractivity contribution in [2.24, 2.45) is 22.7 Å². The van der Waals surface area contributed by atoms with E-state index in [1.807, 2.05) is 18.2 Å². The number of oxime groups is 1. The molecule has 1 aromatic carbocycles. The third kappa shape index (κ3) is 6.22. The number of amidine groups is 1. The van der Waals surface area contributed by atoms with Crippen molar-refractivity contribution in [1.29, 1.82) is 0 Å². The standard InChI is InChI=1S/C26H36N4O2S/c1-5-20(6-2)30-23-10-9-19(15-22(23)28-26(30)16-21-8-7-11-33-21)24(31)13-18(12-17(3)4)14-25(27)29-32/h7-11,15,17-18,20,32H,5-6,12-14,16H2,1-4H3,(H2,27,29)/t18-/m1/s1. The van der Waals surface area contributed by atoms with Crippen molar-refractivity contribution in [1.82, 2.24) is 9.55 Å². The van der Waals surface area contributed by atoms with Gasteiger partial charge in [0.15, 0.2) is 5.78 Å². The van der Waals surface area contributed by atoms with Crippen molar-refractivity contribution in [3.8, 4) is 0 Å². The molecule has 0 aliphatic carbocycles. The van der Waals surface area contributed by atoms with Gasteiger partial charge in [0.1, 0.15) is 11.7 Å².